The second-order valence-corrected chi connectivity index (χ2v) is 5.32. The Labute approximate surface area is 116 Å². The molecule has 1 nitrogen and oxygen atoms in total. The van der Waals surface area contributed by atoms with Crippen LogP contribution in [0.2, 0.25) is 5.02 Å². The first-order chi connectivity index (χ1) is 8.87. The van der Waals surface area contributed by atoms with E-state index >= 15 is 0 Å². The van der Waals surface area contributed by atoms with Crippen LogP contribution in [0.4, 0.5) is 8.78 Å². The molecule has 0 fully saturated rings. The SMILES string of the molecule is CC(N)(Cc1cc(F)cc(F)c1)c1ccc(Cl)cc1. The summed E-state index contributed by atoms with van der Waals surface area (Å²) in [5.74, 6) is -1.19. The Morgan fingerprint density at radius 1 is 1.05 bits per heavy atom. The average Bonchev–Trinajstić information content (AvgIpc) is 2.27. The lowest BCUT2D eigenvalue weighted by molar-refractivity contribution is 0.486. The third-order valence-corrected chi connectivity index (χ3v) is 3.25. The lowest BCUT2D eigenvalue weighted by atomic mass is 9.86. The van der Waals surface area contributed by atoms with Crippen LogP contribution in [0.3, 0.4) is 0 Å². The first-order valence-electron chi connectivity index (χ1n) is 5.87. The van der Waals surface area contributed by atoms with Crippen molar-refractivity contribution in [1.82, 2.24) is 0 Å². The zero-order valence-corrected chi connectivity index (χ0v) is 11.2. The summed E-state index contributed by atoms with van der Waals surface area (Å²) in [7, 11) is 0. The van der Waals surface area contributed by atoms with E-state index in [9.17, 15) is 8.78 Å². The van der Waals surface area contributed by atoms with Crippen LogP contribution in [0.25, 0.3) is 0 Å². The summed E-state index contributed by atoms with van der Waals surface area (Å²) in [4.78, 5) is 0. The number of halogens is 3. The molecule has 2 rings (SSSR count). The van der Waals surface area contributed by atoms with Gasteiger partial charge in [0.1, 0.15) is 11.6 Å². The van der Waals surface area contributed by atoms with Gasteiger partial charge < -0.3 is 5.73 Å². The lowest BCUT2D eigenvalue weighted by Crippen LogP contribution is -2.35. The van der Waals surface area contributed by atoms with Crippen molar-refractivity contribution in [2.45, 2.75) is 18.9 Å². The fourth-order valence-corrected chi connectivity index (χ4v) is 2.20. The minimum absolute atomic E-state index is 0.337. The van der Waals surface area contributed by atoms with Crippen molar-refractivity contribution in [3.05, 3.63) is 70.2 Å². The Bertz CT molecular complexity index is 559. The van der Waals surface area contributed by atoms with Crippen LogP contribution in [0.15, 0.2) is 42.5 Å². The van der Waals surface area contributed by atoms with Gasteiger partial charge in [0.25, 0.3) is 0 Å². The van der Waals surface area contributed by atoms with Gasteiger partial charge >= 0.3 is 0 Å². The highest BCUT2D eigenvalue weighted by Crippen LogP contribution is 2.25. The molecule has 0 bridgehead atoms. The average molecular weight is 282 g/mol. The Balaban J connectivity index is 2.27. The molecule has 0 radical (unpaired) electrons. The highest BCUT2D eigenvalue weighted by atomic mass is 35.5. The van der Waals surface area contributed by atoms with Gasteiger partial charge in [0, 0.05) is 16.6 Å². The second-order valence-electron chi connectivity index (χ2n) is 4.88. The van der Waals surface area contributed by atoms with Crippen molar-refractivity contribution >= 4 is 11.6 Å². The van der Waals surface area contributed by atoms with E-state index in [1.165, 1.54) is 12.1 Å². The first kappa shape index (κ1) is 14.0. The molecule has 1 atom stereocenters. The summed E-state index contributed by atoms with van der Waals surface area (Å²) in [6.07, 6.45) is 0.337. The van der Waals surface area contributed by atoms with Crippen LogP contribution in [0.1, 0.15) is 18.1 Å². The molecule has 0 aliphatic carbocycles. The molecular formula is C15H14ClF2N. The number of rotatable bonds is 3. The molecule has 19 heavy (non-hydrogen) atoms. The van der Waals surface area contributed by atoms with Gasteiger partial charge in [-0.3, -0.25) is 0 Å². The number of nitrogens with two attached hydrogens (primary N) is 1. The minimum Gasteiger partial charge on any atom is -0.321 e. The third-order valence-electron chi connectivity index (χ3n) is 3.00. The topological polar surface area (TPSA) is 26.0 Å². The lowest BCUT2D eigenvalue weighted by Gasteiger charge is -2.25. The van der Waals surface area contributed by atoms with Gasteiger partial charge in [-0.1, -0.05) is 23.7 Å². The van der Waals surface area contributed by atoms with E-state index < -0.39 is 17.2 Å². The van der Waals surface area contributed by atoms with Gasteiger partial charge in [0.2, 0.25) is 0 Å². The normalized spacial score (nSPS) is 14.2. The predicted molar refractivity (Wildman–Crippen MR) is 73.1 cm³/mol. The van der Waals surface area contributed by atoms with Crippen LogP contribution in [0, 0.1) is 11.6 Å². The largest absolute Gasteiger partial charge is 0.321 e. The Hall–Kier alpha value is -1.45. The van der Waals surface area contributed by atoms with Crippen LogP contribution >= 0.6 is 11.6 Å². The van der Waals surface area contributed by atoms with Gasteiger partial charge in [-0.2, -0.15) is 0 Å². The number of benzene rings is 2. The molecule has 2 aromatic rings. The smallest absolute Gasteiger partial charge is 0.126 e. The van der Waals surface area contributed by atoms with E-state index in [2.05, 4.69) is 0 Å². The van der Waals surface area contributed by atoms with Gasteiger partial charge in [-0.25, -0.2) is 8.78 Å². The van der Waals surface area contributed by atoms with Gasteiger partial charge in [0.15, 0.2) is 0 Å². The molecule has 0 saturated carbocycles. The van der Waals surface area contributed by atoms with Crippen molar-refractivity contribution in [3.63, 3.8) is 0 Å². The maximum Gasteiger partial charge on any atom is 0.126 e. The summed E-state index contributed by atoms with van der Waals surface area (Å²) in [5, 5.41) is 0.622. The quantitative estimate of drug-likeness (QED) is 0.903. The Kier molecular flexibility index (Phi) is 3.88. The minimum atomic E-state index is -0.717. The van der Waals surface area contributed by atoms with Crippen LogP contribution in [0.5, 0.6) is 0 Å². The van der Waals surface area contributed by atoms with Crippen LogP contribution in [-0.4, -0.2) is 0 Å². The monoisotopic (exact) mass is 281 g/mol. The summed E-state index contributed by atoms with van der Waals surface area (Å²) in [6, 6.07) is 10.6. The van der Waals surface area contributed by atoms with Gasteiger partial charge in [-0.05, 0) is 48.7 Å². The molecule has 0 aliphatic rings. The second kappa shape index (κ2) is 5.27. The van der Waals surface area contributed by atoms with Crippen molar-refractivity contribution in [3.8, 4) is 0 Å². The van der Waals surface area contributed by atoms with Crippen molar-refractivity contribution in [2.24, 2.45) is 5.73 Å². The fraction of sp³-hybridized carbons (Fsp3) is 0.200. The summed E-state index contributed by atoms with van der Waals surface area (Å²) in [6.45, 7) is 1.82. The van der Waals surface area contributed by atoms with Crippen molar-refractivity contribution < 1.29 is 8.78 Å². The number of hydrogen-bond donors (Lipinski definition) is 1. The van der Waals surface area contributed by atoms with E-state index in [4.69, 9.17) is 17.3 Å². The van der Waals surface area contributed by atoms with E-state index in [-0.39, 0.29) is 0 Å². The molecule has 1 unspecified atom stereocenters. The maximum absolute atomic E-state index is 13.2. The molecule has 0 aromatic heterocycles. The molecule has 100 valence electrons. The molecular weight excluding hydrogens is 268 g/mol. The zero-order valence-electron chi connectivity index (χ0n) is 10.5. The zero-order chi connectivity index (χ0) is 14.0. The standard InChI is InChI=1S/C15H14ClF2N/c1-15(19,11-2-4-12(16)5-3-11)9-10-6-13(17)8-14(18)7-10/h2-8H,9,19H2,1H3. The van der Waals surface area contributed by atoms with Crippen molar-refractivity contribution in [1.29, 1.82) is 0 Å². The van der Waals surface area contributed by atoms with Gasteiger partial charge in [-0.15, -0.1) is 0 Å². The predicted octanol–water partition coefficient (Wildman–Crippen LogP) is 4.03. The maximum atomic E-state index is 13.2. The van der Waals surface area contributed by atoms with E-state index in [0.29, 0.717) is 17.0 Å². The molecule has 0 heterocycles. The van der Waals surface area contributed by atoms with Crippen LogP contribution in [-0.2, 0) is 12.0 Å². The molecule has 0 saturated heterocycles. The molecule has 2 N–H and O–H groups in total. The number of hydrogen-bond acceptors (Lipinski definition) is 1. The molecule has 0 spiro atoms. The highest BCUT2D eigenvalue weighted by molar-refractivity contribution is 6.30. The Morgan fingerprint density at radius 3 is 2.11 bits per heavy atom. The highest BCUT2D eigenvalue weighted by Gasteiger charge is 2.22. The third kappa shape index (κ3) is 3.52. The molecule has 0 aliphatic heterocycles. The van der Waals surface area contributed by atoms with E-state index in [0.717, 1.165) is 11.6 Å². The summed E-state index contributed by atoms with van der Waals surface area (Å²) in [5.41, 5.74) is 6.90. The molecule has 0 amide bonds. The Morgan fingerprint density at radius 2 is 1.58 bits per heavy atom. The van der Waals surface area contributed by atoms with E-state index in [1.54, 1.807) is 12.1 Å². The van der Waals surface area contributed by atoms with Gasteiger partial charge in [0.05, 0.1) is 0 Å². The van der Waals surface area contributed by atoms with E-state index in [1.807, 2.05) is 19.1 Å². The molecule has 2 aromatic carbocycles. The summed E-state index contributed by atoms with van der Waals surface area (Å²) >= 11 is 5.82. The molecule has 4 heteroatoms. The van der Waals surface area contributed by atoms with Crippen molar-refractivity contribution in [2.75, 3.05) is 0 Å². The fourth-order valence-electron chi connectivity index (χ4n) is 2.07. The summed E-state index contributed by atoms with van der Waals surface area (Å²) < 4.78 is 26.3. The van der Waals surface area contributed by atoms with Crippen LogP contribution < -0.4 is 5.73 Å². The first-order valence-corrected chi connectivity index (χ1v) is 6.24.